The zero-order valence-corrected chi connectivity index (χ0v) is 12.7. The Morgan fingerprint density at radius 1 is 0.684 bits per heavy atom. The molecule has 0 spiro atoms. The average molecular weight is 266 g/mol. The summed E-state index contributed by atoms with van der Waals surface area (Å²) in [5, 5.41) is 0. The maximum Gasteiger partial charge on any atom is 0.119 e. The van der Waals surface area contributed by atoms with Gasteiger partial charge in [-0.1, -0.05) is 19.3 Å². The monoisotopic (exact) mass is 266 g/mol. The second-order valence-corrected chi connectivity index (χ2v) is 6.68. The van der Waals surface area contributed by atoms with Crippen molar-refractivity contribution in [2.24, 2.45) is 0 Å². The van der Waals surface area contributed by atoms with Gasteiger partial charge in [0.25, 0.3) is 0 Å². The largest absolute Gasteiger partial charge is 0.300 e. The first-order valence-corrected chi connectivity index (χ1v) is 8.14. The van der Waals surface area contributed by atoms with Crippen LogP contribution >= 0.6 is 0 Å². The molecule has 1 aliphatic carbocycles. The predicted octanol–water partition coefficient (Wildman–Crippen LogP) is 1.10. The summed E-state index contributed by atoms with van der Waals surface area (Å²) in [5.41, 5.74) is 0. The van der Waals surface area contributed by atoms with Gasteiger partial charge in [-0.3, -0.25) is 19.6 Å². The van der Waals surface area contributed by atoms with Gasteiger partial charge in [0.15, 0.2) is 0 Å². The SMILES string of the molecule is CN1CCN2CCN(C)C1N(C1CCCCC1)CC2. The van der Waals surface area contributed by atoms with Gasteiger partial charge < -0.3 is 0 Å². The van der Waals surface area contributed by atoms with Gasteiger partial charge in [-0.2, -0.15) is 0 Å². The highest BCUT2D eigenvalue weighted by Crippen LogP contribution is 2.27. The lowest BCUT2D eigenvalue weighted by Gasteiger charge is -2.52. The molecule has 0 aromatic rings. The molecule has 0 N–H and O–H groups in total. The van der Waals surface area contributed by atoms with E-state index in [9.17, 15) is 0 Å². The Kier molecular flexibility index (Phi) is 4.42. The summed E-state index contributed by atoms with van der Waals surface area (Å²) in [4.78, 5) is 10.6. The molecule has 0 atom stereocenters. The van der Waals surface area contributed by atoms with Crippen LogP contribution in [0.15, 0.2) is 0 Å². The van der Waals surface area contributed by atoms with Crippen LogP contribution in [0.3, 0.4) is 0 Å². The minimum Gasteiger partial charge on any atom is -0.300 e. The minimum absolute atomic E-state index is 0.533. The second-order valence-electron chi connectivity index (χ2n) is 6.68. The number of likely N-dealkylation sites (N-methyl/N-ethyl adjacent to an activating group) is 2. The summed E-state index contributed by atoms with van der Waals surface area (Å²) in [7, 11) is 4.62. The first-order valence-electron chi connectivity index (χ1n) is 8.14. The number of rotatable bonds is 1. The van der Waals surface area contributed by atoms with Gasteiger partial charge >= 0.3 is 0 Å². The van der Waals surface area contributed by atoms with E-state index in [-0.39, 0.29) is 0 Å². The van der Waals surface area contributed by atoms with E-state index in [1.165, 1.54) is 71.4 Å². The summed E-state index contributed by atoms with van der Waals surface area (Å²) >= 11 is 0. The van der Waals surface area contributed by atoms with Gasteiger partial charge in [-0.25, -0.2) is 0 Å². The number of fused-ring (bicyclic) bond motifs is 6. The molecule has 4 rings (SSSR count). The van der Waals surface area contributed by atoms with Crippen LogP contribution in [0.5, 0.6) is 0 Å². The van der Waals surface area contributed by atoms with E-state index in [0.29, 0.717) is 6.29 Å². The van der Waals surface area contributed by atoms with Crippen molar-refractivity contribution in [1.29, 1.82) is 0 Å². The van der Waals surface area contributed by atoms with E-state index in [1.807, 2.05) is 0 Å². The third-order valence-corrected chi connectivity index (χ3v) is 5.34. The molecule has 110 valence electrons. The van der Waals surface area contributed by atoms with Crippen LogP contribution in [0.25, 0.3) is 0 Å². The van der Waals surface area contributed by atoms with E-state index < -0.39 is 0 Å². The fraction of sp³-hybridized carbons (Fsp3) is 1.00. The summed E-state index contributed by atoms with van der Waals surface area (Å²) in [5.74, 6) is 0. The maximum atomic E-state index is 2.81. The van der Waals surface area contributed by atoms with Crippen LogP contribution in [0.2, 0.25) is 0 Å². The smallest absolute Gasteiger partial charge is 0.119 e. The molecule has 0 unspecified atom stereocenters. The lowest BCUT2D eigenvalue weighted by atomic mass is 9.94. The maximum absolute atomic E-state index is 2.81. The van der Waals surface area contributed by atoms with Crippen molar-refractivity contribution >= 4 is 0 Å². The van der Waals surface area contributed by atoms with E-state index in [0.717, 1.165) is 6.04 Å². The minimum atomic E-state index is 0.533. The molecule has 2 bridgehead atoms. The first-order chi connectivity index (χ1) is 9.25. The van der Waals surface area contributed by atoms with Gasteiger partial charge in [-0.05, 0) is 26.9 Å². The normalized spacial score (nSPS) is 36.9. The third-order valence-electron chi connectivity index (χ3n) is 5.34. The molecule has 1 saturated carbocycles. The zero-order chi connectivity index (χ0) is 13.2. The van der Waals surface area contributed by atoms with Gasteiger partial charge in [-0.15, -0.1) is 0 Å². The molecule has 19 heavy (non-hydrogen) atoms. The topological polar surface area (TPSA) is 13.0 Å². The van der Waals surface area contributed by atoms with Crippen molar-refractivity contribution in [2.75, 3.05) is 53.4 Å². The Bertz CT molecular complexity index is 276. The zero-order valence-electron chi connectivity index (χ0n) is 12.7. The lowest BCUT2D eigenvalue weighted by Crippen LogP contribution is -2.66. The molecule has 4 aliphatic rings. The lowest BCUT2D eigenvalue weighted by molar-refractivity contribution is -0.108. The van der Waals surface area contributed by atoms with E-state index >= 15 is 0 Å². The summed E-state index contributed by atoms with van der Waals surface area (Å²) in [6.45, 7) is 7.44. The van der Waals surface area contributed by atoms with Crippen molar-refractivity contribution in [3.63, 3.8) is 0 Å². The Balaban J connectivity index is 1.80. The molecule has 4 heteroatoms. The Morgan fingerprint density at radius 3 is 1.89 bits per heavy atom. The van der Waals surface area contributed by atoms with Crippen molar-refractivity contribution in [3.05, 3.63) is 0 Å². The number of hydrogen-bond acceptors (Lipinski definition) is 4. The molecule has 0 aromatic carbocycles. The van der Waals surface area contributed by atoms with Gasteiger partial charge in [0.2, 0.25) is 0 Å². The van der Waals surface area contributed by atoms with Crippen LogP contribution in [0.1, 0.15) is 32.1 Å². The highest BCUT2D eigenvalue weighted by molar-refractivity contribution is 4.86. The molecule has 0 amide bonds. The second kappa shape index (κ2) is 6.08. The molecule has 3 aliphatic heterocycles. The summed E-state index contributed by atoms with van der Waals surface area (Å²) in [6.07, 6.45) is 7.68. The third kappa shape index (κ3) is 2.97. The van der Waals surface area contributed by atoms with Crippen LogP contribution in [0.4, 0.5) is 0 Å². The van der Waals surface area contributed by atoms with Crippen LogP contribution in [-0.4, -0.2) is 85.3 Å². The van der Waals surface area contributed by atoms with Gasteiger partial charge in [0, 0.05) is 45.3 Å². The molecule has 0 radical (unpaired) electrons. The number of nitrogens with zero attached hydrogens (tertiary/aromatic N) is 4. The summed E-state index contributed by atoms with van der Waals surface area (Å²) < 4.78 is 0. The fourth-order valence-electron chi connectivity index (χ4n) is 4.16. The molecule has 4 fully saturated rings. The van der Waals surface area contributed by atoms with Gasteiger partial charge in [0.05, 0.1) is 0 Å². The van der Waals surface area contributed by atoms with E-state index in [1.54, 1.807) is 0 Å². The molecular weight excluding hydrogens is 236 g/mol. The molecule has 3 saturated heterocycles. The molecule has 4 nitrogen and oxygen atoms in total. The highest BCUT2D eigenvalue weighted by atomic mass is 15.5. The summed E-state index contributed by atoms with van der Waals surface area (Å²) in [6, 6.07) is 0.821. The Labute approximate surface area is 118 Å². The average Bonchev–Trinajstić information content (AvgIpc) is 2.40. The Morgan fingerprint density at radius 2 is 1.26 bits per heavy atom. The van der Waals surface area contributed by atoms with Crippen molar-refractivity contribution in [3.8, 4) is 0 Å². The highest BCUT2D eigenvalue weighted by Gasteiger charge is 2.35. The van der Waals surface area contributed by atoms with Crippen LogP contribution < -0.4 is 0 Å². The van der Waals surface area contributed by atoms with Crippen molar-refractivity contribution in [2.45, 2.75) is 44.4 Å². The molecular formula is C15H30N4. The number of hydrogen-bond donors (Lipinski definition) is 0. The van der Waals surface area contributed by atoms with Crippen molar-refractivity contribution in [1.82, 2.24) is 19.6 Å². The van der Waals surface area contributed by atoms with Gasteiger partial charge in [0.1, 0.15) is 6.29 Å². The van der Waals surface area contributed by atoms with Crippen LogP contribution in [0, 0.1) is 0 Å². The van der Waals surface area contributed by atoms with E-state index in [4.69, 9.17) is 0 Å². The quantitative estimate of drug-likeness (QED) is 0.704. The van der Waals surface area contributed by atoms with E-state index in [2.05, 4.69) is 33.7 Å². The fourth-order valence-corrected chi connectivity index (χ4v) is 4.16. The molecule has 3 heterocycles. The first kappa shape index (κ1) is 13.8. The standard InChI is InChI=1S/C15H30N4/c1-16-8-10-18-11-9-17(2)15(16)19(13-12-18)14-6-4-3-5-7-14/h14-15H,3-13H2,1-2H3. The van der Waals surface area contributed by atoms with Crippen molar-refractivity contribution < 1.29 is 0 Å². The Hall–Kier alpha value is -0.160. The van der Waals surface area contributed by atoms with Crippen LogP contribution in [-0.2, 0) is 0 Å². The predicted molar refractivity (Wildman–Crippen MR) is 79.1 cm³/mol. The molecule has 0 aromatic heterocycles.